The van der Waals surface area contributed by atoms with Gasteiger partial charge in [-0.25, -0.2) is 0 Å². The lowest BCUT2D eigenvalue weighted by molar-refractivity contribution is -0.122. The molecule has 10 heteroatoms. The van der Waals surface area contributed by atoms with Crippen LogP contribution in [0, 0.1) is 18.3 Å². The van der Waals surface area contributed by atoms with Crippen LogP contribution in [0.4, 0.5) is 5.82 Å². The topological polar surface area (TPSA) is 91.7 Å². The van der Waals surface area contributed by atoms with Crippen molar-refractivity contribution in [3.8, 4) is 6.07 Å². The van der Waals surface area contributed by atoms with Crippen LogP contribution in [-0.4, -0.2) is 45.0 Å². The molecule has 0 radical (unpaired) electrons. The Labute approximate surface area is 207 Å². The van der Waals surface area contributed by atoms with Crippen molar-refractivity contribution >= 4 is 46.1 Å². The fraction of sp³-hybridized carbons (Fsp3) is 0.417. The summed E-state index contributed by atoms with van der Waals surface area (Å²) in [5.74, 6) is 1.10. The second-order valence-corrected chi connectivity index (χ2v) is 10.1. The minimum atomic E-state index is -0.327. The van der Waals surface area contributed by atoms with E-state index in [4.69, 9.17) is 21.4 Å². The summed E-state index contributed by atoms with van der Waals surface area (Å²) in [4.78, 5) is 30.5. The molecule has 1 amide bonds. The molecule has 2 fully saturated rings. The number of thioether (sulfide) groups is 1. The predicted molar refractivity (Wildman–Crippen MR) is 135 cm³/mol. The van der Waals surface area contributed by atoms with Crippen LogP contribution < -0.4 is 10.5 Å². The SMILES string of the molecule is CCn1c(N2CC(C)OC(C)C2)c(/C=C2\SC(=S)N(Cc3ccco3)C2=O)c(C)c(C#N)c1=O. The quantitative estimate of drug-likeness (QED) is 0.456. The second-order valence-electron chi connectivity index (χ2n) is 8.41. The fourth-order valence-corrected chi connectivity index (χ4v) is 5.69. The van der Waals surface area contributed by atoms with Crippen molar-refractivity contribution in [1.29, 1.82) is 5.26 Å². The second kappa shape index (κ2) is 9.78. The summed E-state index contributed by atoms with van der Waals surface area (Å²) in [5.41, 5.74) is 0.984. The van der Waals surface area contributed by atoms with E-state index in [9.17, 15) is 14.9 Å². The van der Waals surface area contributed by atoms with E-state index in [1.54, 1.807) is 36.0 Å². The first kappa shape index (κ1) is 24.3. The summed E-state index contributed by atoms with van der Waals surface area (Å²) < 4.78 is 13.3. The van der Waals surface area contributed by atoms with E-state index < -0.39 is 0 Å². The number of amides is 1. The highest BCUT2D eigenvalue weighted by atomic mass is 32.2. The van der Waals surface area contributed by atoms with E-state index in [0.29, 0.717) is 51.6 Å². The molecule has 2 unspecified atom stereocenters. The average molecular weight is 499 g/mol. The van der Waals surface area contributed by atoms with Crippen molar-refractivity contribution in [2.75, 3.05) is 18.0 Å². The number of rotatable bonds is 5. The first-order valence-electron chi connectivity index (χ1n) is 11.1. The molecule has 2 atom stereocenters. The van der Waals surface area contributed by atoms with Gasteiger partial charge in [0.05, 0.1) is 29.9 Å². The largest absolute Gasteiger partial charge is 0.467 e. The lowest BCUT2D eigenvalue weighted by atomic mass is 10.0. The van der Waals surface area contributed by atoms with E-state index in [-0.39, 0.29) is 35.8 Å². The van der Waals surface area contributed by atoms with Crippen LogP contribution in [0.15, 0.2) is 32.5 Å². The van der Waals surface area contributed by atoms with E-state index in [0.717, 1.165) is 0 Å². The third-order valence-electron chi connectivity index (χ3n) is 5.92. The van der Waals surface area contributed by atoms with Gasteiger partial charge in [0.15, 0.2) is 0 Å². The van der Waals surface area contributed by atoms with E-state index in [1.165, 1.54) is 16.7 Å². The molecule has 2 aromatic rings. The molecule has 0 saturated carbocycles. The van der Waals surface area contributed by atoms with Gasteiger partial charge in [-0.05, 0) is 51.5 Å². The van der Waals surface area contributed by atoms with E-state index in [2.05, 4.69) is 11.0 Å². The summed E-state index contributed by atoms with van der Waals surface area (Å²) in [6.07, 6.45) is 3.27. The first-order valence-corrected chi connectivity index (χ1v) is 12.3. The van der Waals surface area contributed by atoms with Gasteiger partial charge in [-0.1, -0.05) is 24.0 Å². The molecular formula is C24H26N4O4S2. The Morgan fingerprint density at radius 1 is 1.29 bits per heavy atom. The van der Waals surface area contributed by atoms with Gasteiger partial charge in [-0.15, -0.1) is 0 Å². The number of nitriles is 1. The number of thiocarbonyl (C=S) groups is 1. The van der Waals surface area contributed by atoms with Crippen molar-refractivity contribution in [3.05, 3.63) is 56.1 Å². The smallest absolute Gasteiger partial charge is 0.270 e. The molecule has 2 aromatic heterocycles. The Hall–Kier alpha value is -2.87. The highest BCUT2D eigenvalue weighted by molar-refractivity contribution is 8.26. The number of carbonyl (C=O) groups is 1. The van der Waals surface area contributed by atoms with Crippen LogP contribution in [0.3, 0.4) is 0 Å². The van der Waals surface area contributed by atoms with Crippen molar-refractivity contribution in [2.24, 2.45) is 0 Å². The number of ether oxygens (including phenoxy) is 1. The average Bonchev–Trinajstić information content (AvgIpc) is 3.39. The monoisotopic (exact) mass is 498 g/mol. The van der Waals surface area contributed by atoms with Crippen LogP contribution >= 0.6 is 24.0 Å². The number of carbonyl (C=O) groups excluding carboxylic acids is 1. The van der Waals surface area contributed by atoms with Crippen molar-refractivity contribution < 1.29 is 13.9 Å². The Morgan fingerprint density at radius 2 is 2.00 bits per heavy atom. The highest BCUT2D eigenvalue weighted by Crippen LogP contribution is 2.37. The number of hydrogen-bond acceptors (Lipinski definition) is 8. The maximum absolute atomic E-state index is 13.3. The highest BCUT2D eigenvalue weighted by Gasteiger charge is 2.34. The van der Waals surface area contributed by atoms with Gasteiger partial charge < -0.3 is 14.1 Å². The number of anilines is 1. The standard InChI is InChI=1S/C24H26N4O4S2/c1-5-27-21(26-11-14(2)32-15(3)12-26)18(16(4)19(10-25)22(27)29)9-20-23(30)28(24(33)34-20)13-17-7-6-8-31-17/h6-9,14-15H,5,11-13H2,1-4H3/b20-9-. The number of pyridine rings is 1. The zero-order chi connectivity index (χ0) is 24.6. The molecule has 0 N–H and O–H groups in total. The predicted octanol–water partition coefficient (Wildman–Crippen LogP) is 3.66. The minimum Gasteiger partial charge on any atom is -0.467 e. The summed E-state index contributed by atoms with van der Waals surface area (Å²) in [6.45, 7) is 9.44. The van der Waals surface area contributed by atoms with Gasteiger partial charge in [-0.3, -0.25) is 19.1 Å². The summed E-state index contributed by atoms with van der Waals surface area (Å²) in [5, 5.41) is 9.74. The van der Waals surface area contributed by atoms with Gasteiger partial charge in [0, 0.05) is 25.2 Å². The molecule has 8 nitrogen and oxygen atoms in total. The molecule has 4 heterocycles. The maximum Gasteiger partial charge on any atom is 0.270 e. The molecule has 0 spiro atoms. The van der Waals surface area contributed by atoms with Crippen LogP contribution in [0.1, 0.15) is 43.2 Å². The van der Waals surface area contributed by atoms with Gasteiger partial charge in [0.25, 0.3) is 11.5 Å². The van der Waals surface area contributed by atoms with Gasteiger partial charge in [0.1, 0.15) is 27.5 Å². The first-order chi connectivity index (χ1) is 16.2. The number of nitrogens with zero attached hydrogens (tertiary/aromatic N) is 4. The molecule has 2 aliphatic heterocycles. The fourth-order valence-electron chi connectivity index (χ4n) is 4.45. The van der Waals surface area contributed by atoms with Crippen molar-refractivity contribution in [2.45, 2.75) is 53.0 Å². The molecule has 0 aliphatic carbocycles. The number of furan rings is 1. The minimum absolute atomic E-state index is 0.0283. The van der Waals surface area contributed by atoms with Crippen LogP contribution in [0.2, 0.25) is 0 Å². The summed E-state index contributed by atoms with van der Waals surface area (Å²) in [7, 11) is 0. The number of hydrogen-bond donors (Lipinski definition) is 0. The molecule has 2 saturated heterocycles. The van der Waals surface area contributed by atoms with Gasteiger partial charge in [-0.2, -0.15) is 5.26 Å². The third kappa shape index (κ3) is 4.43. The number of morpholine rings is 1. The summed E-state index contributed by atoms with van der Waals surface area (Å²) in [6, 6.07) is 5.62. The Balaban J connectivity index is 1.84. The van der Waals surface area contributed by atoms with Crippen LogP contribution in [0.25, 0.3) is 6.08 Å². The van der Waals surface area contributed by atoms with E-state index in [1.807, 2.05) is 20.8 Å². The maximum atomic E-state index is 13.3. The molecule has 178 valence electrons. The summed E-state index contributed by atoms with van der Waals surface area (Å²) >= 11 is 6.68. The van der Waals surface area contributed by atoms with Crippen LogP contribution in [-0.2, 0) is 22.6 Å². The van der Waals surface area contributed by atoms with Crippen LogP contribution in [0.5, 0.6) is 0 Å². The van der Waals surface area contributed by atoms with Gasteiger partial charge >= 0.3 is 0 Å². The van der Waals surface area contributed by atoms with Gasteiger partial charge in [0.2, 0.25) is 0 Å². The molecule has 2 aliphatic rings. The Kier molecular flexibility index (Phi) is 6.98. The van der Waals surface area contributed by atoms with Crippen molar-refractivity contribution in [3.63, 3.8) is 0 Å². The van der Waals surface area contributed by atoms with Crippen molar-refractivity contribution in [1.82, 2.24) is 9.47 Å². The lowest BCUT2D eigenvalue weighted by Crippen LogP contribution is -2.48. The third-order valence-corrected chi connectivity index (χ3v) is 7.30. The van der Waals surface area contributed by atoms with E-state index >= 15 is 0 Å². The molecule has 34 heavy (non-hydrogen) atoms. The zero-order valence-electron chi connectivity index (χ0n) is 19.5. The molecule has 4 rings (SSSR count). The molecule has 0 aromatic carbocycles. The lowest BCUT2D eigenvalue weighted by Gasteiger charge is -2.39. The molecule has 0 bridgehead atoms. The molecular weight excluding hydrogens is 472 g/mol. The number of aromatic nitrogens is 1. The zero-order valence-corrected chi connectivity index (χ0v) is 21.2. The Bertz CT molecular complexity index is 1250. The normalized spacial score (nSPS) is 22.0. The Morgan fingerprint density at radius 3 is 2.59 bits per heavy atom.